The van der Waals surface area contributed by atoms with Crippen molar-refractivity contribution in [2.24, 2.45) is 0 Å². The van der Waals surface area contributed by atoms with E-state index in [1.165, 1.54) is 25.1 Å². The van der Waals surface area contributed by atoms with Gasteiger partial charge in [0.15, 0.2) is 0 Å². The van der Waals surface area contributed by atoms with Crippen molar-refractivity contribution in [1.82, 2.24) is 15.2 Å². The van der Waals surface area contributed by atoms with Gasteiger partial charge in [-0.15, -0.1) is 16.4 Å². The number of carbonyl (C=O) groups excluding carboxylic acids is 1. The van der Waals surface area contributed by atoms with E-state index < -0.39 is 5.97 Å². The number of aromatic amines is 1. The van der Waals surface area contributed by atoms with Gasteiger partial charge in [-0.3, -0.25) is 5.10 Å². The van der Waals surface area contributed by atoms with E-state index in [2.05, 4.69) is 15.2 Å². The summed E-state index contributed by atoms with van der Waals surface area (Å²) >= 11 is 3.03. The zero-order valence-corrected chi connectivity index (χ0v) is 13.8. The van der Waals surface area contributed by atoms with Gasteiger partial charge in [0.05, 0.1) is 19.1 Å². The van der Waals surface area contributed by atoms with Crippen LogP contribution in [-0.2, 0) is 10.5 Å². The Labute approximate surface area is 140 Å². The number of rotatable bonds is 6. The molecule has 8 heteroatoms. The van der Waals surface area contributed by atoms with Gasteiger partial charge in [0.25, 0.3) is 0 Å². The highest BCUT2D eigenvalue weighted by Crippen LogP contribution is 2.23. The molecule has 0 saturated carbocycles. The van der Waals surface area contributed by atoms with Crippen molar-refractivity contribution in [3.63, 3.8) is 0 Å². The monoisotopic (exact) mass is 347 g/mol. The molecule has 118 valence electrons. The predicted molar refractivity (Wildman–Crippen MR) is 89.2 cm³/mol. The summed E-state index contributed by atoms with van der Waals surface area (Å²) in [6.45, 7) is 0. The van der Waals surface area contributed by atoms with Gasteiger partial charge in [-0.2, -0.15) is 0 Å². The Bertz CT molecular complexity index is 806. The zero-order valence-electron chi connectivity index (χ0n) is 12.2. The van der Waals surface area contributed by atoms with E-state index >= 15 is 0 Å². The molecule has 1 N–H and O–H groups in total. The lowest BCUT2D eigenvalue weighted by atomic mass is 10.3. The van der Waals surface area contributed by atoms with Crippen molar-refractivity contribution in [3.8, 4) is 0 Å². The number of H-pyrrole nitrogens is 1. The van der Waals surface area contributed by atoms with E-state index in [-0.39, 0.29) is 0 Å². The lowest BCUT2D eigenvalue weighted by molar-refractivity contribution is 0.0598. The molecule has 0 saturated heterocycles. The molecule has 0 atom stereocenters. The number of thioether (sulfide) groups is 1. The largest absolute Gasteiger partial charge is 0.468 e. The van der Waals surface area contributed by atoms with Gasteiger partial charge < -0.3 is 9.15 Å². The molecule has 6 nitrogen and oxygen atoms in total. The summed E-state index contributed by atoms with van der Waals surface area (Å²) in [6.07, 6.45) is 5.31. The maximum atomic E-state index is 11.6. The van der Waals surface area contributed by atoms with E-state index in [1.54, 1.807) is 17.4 Å². The summed E-state index contributed by atoms with van der Waals surface area (Å²) in [4.78, 5) is 17.1. The van der Waals surface area contributed by atoms with Crippen LogP contribution in [0.5, 0.6) is 0 Å². The number of aromatic nitrogens is 3. The van der Waals surface area contributed by atoms with Crippen LogP contribution in [0.4, 0.5) is 0 Å². The number of hydrogen-bond donors (Lipinski definition) is 1. The summed E-state index contributed by atoms with van der Waals surface area (Å²) in [5, 5.41) is 9.60. The fourth-order valence-corrected chi connectivity index (χ4v) is 3.19. The summed E-state index contributed by atoms with van der Waals surface area (Å²) in [6, 6.07) is 5.61. The van der Waals surface area contributed by atoms with Gasteiger partial charge in [0.1, 0.15) is 17.1 Å². The Morgan fingerprint density at radius 1 is 1.48 bits per heavy atom. The predicted octanol–water partition coefficient (Wildman–Crippen LogP) is 3.71. The molecule has 3 aromatic heterocycles. The van der Waals surface area contributed by atoms with Gasteiger partial charge in [-0.25, -0.2) is 9.78 Å². The lowest BCUT2D eigenvalue weighted by Gasteiger charge is -1.98. The first kappa shape index (κ1) is 15.6. The van der Waals surface area contributed by atoms with Crippen molar-refractivity contribution in [3.05, 3.63) is 51.9 Å². The number of furan rings is 1. The smallest absolute Gasteiger partial charge is 0.341 e. The zero-order chi connectivity index (χ0) is 16.1. The number of thiophene rings is 1. The third-order valence-electron chi connectivity index (χ3n) is 2.91. The van der Waals surface area contributed by atoms with Crippen LogP contribution in [0.3, 0.4) is 0 Å². The third kappa shape index (κ3) is 3.91. The molecule has 0 fully saturated rings. The number of hydrogen-bond acceptors (Lipinski definition) is 7. The van der Waals surface area contributed by atoms with Crippen LogP contribution >= 0.6 is 23.1 Å². The maximum Gasteiger partial charge on any atom is 0.341 e. The van der Waals surface area contributed by atoms with E-state index in [9.17, 15) is 4.79 Å². The molecule has 0 aromatic carbocycles. The minimum absolute atomic E-state index is 0.413. The van der Waals surface area contributed by atoms with E-state index in [0.29, 0.717) is 28.1 Å². The van der Waals surface area contributed by atoms with Gasteiger partial charge in [-0.1, -0.05) is 17.8 Å². The van der Waals surface area contributed by atoms with Gasteiger partial charge in [-0.05, 0) is 29.7 Å². The summed E-state index contributed by atoms with van der Waals surface area (Å²) in [5.74, 6) is 1.25. The van der Waals surface area contributed by atoms with Crippen LogP contribution in [0.25, 0.3) is 12.2 Å². The van der Waals surface area contributed by atoms with Crippen LogP contribution in [0.15, 0.2) is 39.4 Å². The molecule has 3 heterocycles. The first-order valence-electron chi connectivity index (χ1n) is 6.67. The van der Waals surface area contributed by atoms with Crippen LogP contribution in [0.1, 0.15) is 26.8 Å². The van der Waals surface area contributed by atoms with Crippen molar-refractivity contribution < 1.29 is 13.9 Å². The van der Waals surface area contributed by atoms with Crippen molar-refractivity contribution in [2.75, 3.05) is 7.11 Å². The lowest BCUT2D eigenvalue weighted by Crippen LogP contribution is -2.02. The topological polar surface area (TPSA) is 81.0 Å². The van der Waals surface area contributed by atoms with Crippen LogP contribution in [-0.4, -0.2) is 28.3 Å². The molecule has 0 bridgehead atoms. The van der Waals surface area contributed by atoms with Crippen molar-refractivity contribution in [2.45, 2.75) is 10.9 Å². The molecule has 0 aliphatic heterocycles. The molecule has 0 amide bonds. The Morgan fingerprint density at radius 3 is 3.17 bits per heavy atom. The first-order chi connectivity index (χ1) is 11.3. The van der Waals surface area contributed by atoms with Gasteiger partial charge in [0, 0.05) is 4.88 Å². The molecule has 0 spiro atoms. The summed E-state index contributed by atoms with van der Waals surface area (Å²) < 4.78 is 10.0. The quantitative estimate of drug-likeness (QED) is 0.541. The Balaban J connectivity index is 1.61. The minimum Gasteiger partial charge on any atom is -0.468 e. The number of ether oxygens (including phenoxy) is 1. The molecule has 0 aliphatic carbocycles. The maximum absolute atomic E-state index is 11.6. The van der Waals surface area contributed by atoms with Crippen molar-refractivity contribution in [1.29, 1.82) is 0 Å². The van der Waals surface area contributed by atoms with Gasteiger partial charge >= 0.3 is 5.97 Å². The van der Waals surface area contributed by atoms with Crippen LogP contribution in [0.2, 0.25) is 0 Å². The van der Waals surface area contributed by atoms with Crippen LogP contribution < -0.4 is 0 Å². The average molecular weight is 347 g/mol. The highest BCUT2D eigenvalue weighted by Gasteiger charge is 2.15. The second kappa shape index (κ2) is 7.30. The molecule has 0 aliphatic rings. The third-order valence-corrected chi connectivity index (χ3v) is 4.60. The molecule has 0 radical (unpaired) electrons. The summed E-state index contributed by atoms with van der Waals surface area (Å²) in [5.41, 5.74) is 0.424. The Kier molecular flexibility index (Phi) is 4.94. The minimum atomic E-state index is -0.413. The molecular weight excluding hydrogens is 334 g/mol. The number of esters is 1. The normalized spacial score (nSPS) is 11.2. The molecule has 0 unspecified atom stereocenters. The van der Waals surface area contributed by atoms with E-state index in [1.807, 2.05) is 29.7 Å². The fraction of sp³-hybridized carbons (Fsp3) is 0.133. The van der Waals surface area contributed by atoms with Crippen molar-refractivity contribution >= 4 is 41.2 Å². The molecule has 23 heavy (non-hydrogen) atoms. The summed E-state index contributed by atoms with van der Waals surface area (Å²) in [7, 11) is 1.34. The second-order valence-corrected chi connectivity index (χ2v) is 6.31. The highest BCUT2D eigenvalue weighted by molar-refractivity contribution is 7.98. The molecule has 3 aromatic rings. The highest BCUT2D eigenvalue weighted by atomic mass is 32.2. The van der Waals surface area contributed by atoms with Crippen LogP contribution in [0, 0.1) is 0 Å². The average Bonchev–Trinajstić information content (AvgIpc) is 3.31. The molecule has 3 rings (SSSR count). The fourth-order valence-electron chi connectivity index (χ4n) is 1.82. The first-order valence-corrected chi connectivity index (χ1v) is 8.54. The van der Waals surface area contributed by atoms with E-state index in [4.69, 9.17) is 9.15 Å². The second-order valence-electron chi connectivity index (χ2n) is 4.39. The van der Waals surface area contributed by atoms with Gasteiger partial charge in [0.2, 0.25) is 5.16 Å². The SMILES string of the molecule is COC(=O)c1ccoc1CSc1n[nH]c(C=Cc2cccs2)n1. The number of methoxy groups -OCH3 is 1. The Hall–Kier alpha value is -2.32. The number of nitrogens with zero attached hydrogens (tertiary/aromatic N) is 2. The molecular formula is C15H13N3O3S2. The number of nitrogens with one attached hydrogen (secondary N) is 1. The Morgan fingerprint density at radius 2 is 2.39 bits per heavy atom. The van der Waals surface area contributed by atoms with E-state index in [0.717, 1.165) is 4.88 Å². The standard InChI is InChI=1S/C15H13N3O3S2/c1-20-14(19)11-6-7-21-12(11)9-23-15-16-13(17-18-15)5-4-10-3-2-8-22-10/h2-8H,9H2,1H3,(H,16,17,18). The number of carbonyl (C=O) groups is 1.